The number of nitrogens with zero attached hydrogens (tertiary/aromatic N) is 3. The fourth-order valence-corrected chi connectivity index (χ4v) is 3.94. The van der Waals surface area contributed by atoms with Gasteiger partial charge in [-0.2, -0.15) is 5.10 Å². The normalized spacial score (nSPS) is 15.5. The zero-order chi connectivity index (χ0) is 14.8. The number of hydrogen-bond acceptors (Lipinski definition) is 3. The van der Waals surface area contributed by atoms with Crippen LogP contribution in [0.4, 0.5) is 0 Å². The van der Waals surface area contributed by atoms with E-state index < -0.39 is 0 Å². The van der Waals surface area contributed by atoms with Crippen LogP contribution in [0.15, 0.2) is 23.7 Å². The van der Waals surface area contributed by atoms with E-state index in [9.17, 15) is 4.79 Å². The maximum atomic E-state index is 12.9. The zero-order valence-electron chi connectivity index (χ0n) is 12.6. The van der Waals surface area contributed by atoms with Crippen LogP contribution in [0.25, 0.3) is 0 Å². The number of amides is 1. The Hall–Kier alpha value is -1.62. The summed E-state index contributed by atoms with van der Waals surface area (Å²) in [4.78, 5) is 16.3. The Kier molecular flexibility index (Phi) is 4.10. The molecule has 3 rings (SSSR count). The molecule has 0 spiro atoms. The third-order valence-corrected chi connectivity index (χ3v) is 5.36. The number of thiophene rings is 1. The fourth-order valence-electron chi connectivity index (χ4n) is 3.03. The Labute approximate surface area is 129 Å². The second-order valence-electron chi connectivity index (χ2n) is 5.74. The second kappa shape index (κ2) is 6.02. The predicted molar refractivity (Wildman–Crippen MR) is 84.4 cm³/mol. The Morgan fingerprint density at radius 3 is 2.76 bits per heavy atom. The van der Waals surface area contributed by atoms with E-state index in [2.05, 4.69) is 28.4 Å². The van der Waals surface area contributed by atoms with E-state index in [1.807, 2.05) is 13.1 Å². The molecule has 112 valence electrons. The van der Waals surface area contributed by atoms with Crippen molar-refractivity contribution in [3.05, 3.63) is 39.8 Å². The van der Waals surface area contributed by atoms with Crippen LogP contribution >= 0.6 is 11.3 Å². The van der Waals surface area contributed by atoms with Crippen molar-refractivity contribution in [1.82, 2.24) is 14.7 Å². The van der Waals surface area contributed by atoms with Crippen molar-refractivity contribution in [3.8, 4) is 0 Å². The van der Waals surface area contributed by atoms with Crippen LogP contribution in [0.2, 0.25) is 0 Å². The van der Waals surface area contributed by atoms with Gasteiger partial charge in [-0.15, -0.1) is 11.3 Å². The molecule has 0 saturated heterocycles. The highest BCUT2D eigenvalue weighted by Crippen LogP contribution is 2.28. The molecule has 1 aliphatic carbocycles. The molecular weight excluding hydrogens is 282 g/mol. The molecule has 1 amide bonds. The van der Waals surface area contributed by atoms with Crippen LogP contribution in [0.3, 0.4) is 0 Å². The molecule has 5 heteroatoms. The van der Waals surface area contributed by atoms with Crippen molar-refractivity contribution in [3.63, 3.8) is 0 Å². The van der Waals surface area contributed by atoms with Gasteiger partial charge in [0, 0.05) is 24.2 Å². The van der Waals surface area contributed by atoms with Gasteiger partial charge in [-0.1, -0.05) is 12.8 Å². The van der Waals surface area contributed by atoms with Crippen LogP contribution in [-0.2, 0) is 13.6 Å². The molecule has 0 N–H and O–H groups in total. The quantitative estimate of drug-likeness (QED) is 0.868. The molecular formula is C16H21N3OS. The molecule has 2 aromatic rings. The van der Waals surface area contributed by atoms with Gasteiger partial charge in [0.15, 0.2) is 0 Å². The van der Waals surface area contributed by atoms with Crippen molar-refractivity contribution in [2.24, 2.45) is 7.05 Å². The summed E-state index contributed by atoms with van der Waals surface area (Å²) in [6, 6.07) is 4.31. The van der Waals surface area contributed by atoms with E-state index in [0.717, 1.165) is 19.4 Å². The Morgan fingerprint density at radius 1 is 1.43 bits per heavy atom. The van der Waals surface area contributed by atoms with Crippen LogP contribution in [0, 0.1) is 6.92 Å². The maximum Gasteiger partial charge on any atom is 0.272 e. The Morgan fingerprint density at radius 2 is 2.19 bits per heavy atom. The number of carbonyl (C=O) groups excluding carboxylic acids is 1. The summed E-state index contributed by atoms with van der Waals surface area (Å²) in [5.74, 6) is 0.106. The molecule has 21 heavy (non-hydrogen) atoms. The average Bonchev–Trinajstić information content (AvgIpc) is 3.18. The first kappa shape index (κ1) is 14.3. The summed E-state index contributed by atoms with van der Waals surface area (Å²) in [6.07, 6.45) is 6.38. The molecule has 1 saturated carbocycles. The summed E-state index contributed by atoms with van der Waals surface area (Å²) >= 11 is 1.74. The first-order valence-corrected chi connectivity index (χ1v) is 8.36. The highest BCUT2D eigenvalue weighted by molar-refractivity contribution is 7.10. The van der Waals surface area contributed by atoms with Gasteiger partial charge in [0.25, 0.3) is 5.91 Å². The second-order valence-corrected chi connectivity index (χ2v) is 6.74. The number of hydrogen-bond donors (Lipinski definition) is 0. The van der Waals surface area contributed by atoms with Gasteiger partial charge in [-0.25, -0.2) is 0 Å². The maximum absolute atomic E-state index is 12.9. The van der Waals surface area contributed by atoms with Crippen molar-refractivity contribution >= 4 is 17.2 Å². The lowest BCUT2D eigenvalue weighted by molar-refractivity contribution is 0.0655. The lowest BCUT2D eigenvalue weighted by Gasteiger charge is -2.29. The summed E-state index contributed by atoms with van der Waals surface area (Å²) in [6.45, 7) is 2.84. The van der Waals surface area contributed by atoms with Gasteiger partial charge in [0.2, 0.25) is 0 Å². The minimum absolute atomic E-state index is 0.106. The molecule has 4 nitrogen and oxygen atoms in total. The molecule has 2 heterocycles. The van der Waals surface area contributed by atoms with Gasteiger partial charge in [-0.05, 0) is 42.8 Å². The SMILES string of the molecule is Cc1ccsc1CN(C(=O)c1ccnn1C)C1CCCC1. The minimum Gasteiger partial charge on any atom is -0.329 e. The molecule has 0 aliphatic heterocycles. The zero-order valence-corrected chi connectivity index (χ0v) is 13.4. The molecule has 0 radical (unpaired) electrons. The van der Waals surface area contributed by atoms with E-state index in [-0.39, 0.29) is 5.91 Å². The van der Waals surface area contributed by atoms with E-state index in [1.54, 1.807) is 22.2 Å². The lowest BCUT2D eigenvalue weighted by atomic mass is 10.1. The third-order valence-electron chi connectivity index (χ3n) is 4.35. The minimum atomic E-state index is 0.106. The molecule has 0 atom stereocenters. The molecule has 0 unspecified atom stereocenters. The summed E-state index contributed by atoms with van der Waals surface area (Å²) in [5.41, 5.74) is 1.96. The van der Waals surface area contributed by atoms with Crippen molar-refractivity contribution in [2.75, 3.05) is 0 Å². The van der Waals surface area contributed by atoms with Gasteiger partial charge in [0.1, 0.15) is 5.69 Å². The van der Waals surface area contributed by atoms with E-state index in [1.165, 1.54) is 23.3 Å². The van der Waals surface area contributed by atoms with Gasteiger partial charge < -0.3 is 4.90 Å². The van der Waals surface area contributed by atoms with Gasteiger partial charge >= 0.3 is 0 Å². The third kappa shape index (κ3) is 2.88. The molecule has 1 fully saturated rings. The standard InChI is InChI=1S/C16H21N3OS/c1-12-8-10-21-15(12)11-19(13-5-3-4-6-13)16(20)14-7-9-17-18(14)2/h7-10,13H,3-6,11H2,1-2H3. The van der Waals surface area contributed by atoms with Crippen LogP contribution < -0.4 is 0 Å². The molecule has 1 aliphatic rings. The average molecular weight is 303 g/mol. The van der Waals surface area contributed by atoms with Crippen LogP contribution in [0.5, 0.6) is 0 Å². The molecule has 0 bridgehead atoms. The summed E-state index contributed by atoms with van der Waals surface area (Å²) in [5, 5.41) is 6.24. The largest absolute Gasteiger partial charge is 0.329 e. The Bertz CT molecular complexity index is 625. The number of carbonyl (C=O) groups is 1. The van der Waals surface area contributed by atoms with Crippen molar-refractivity contribution in [1.29, 1.82) is 0 Å². The lowest BCUT2D eigenvalue weighted by Crippen LogP contribution is -2.39. The topological polar surface area (TPSA) is 38.1 Å². The smallest absolute Gasteiger partial charge is 0.272 e. The van der Waals surface area contributed by atoms with Crippen LogP contribution in [0.1, 0.15) is 46.6 Å². The Balaban J connectivity index is 1.87. The predicted octanol–water partition coefficient (Wildman–Crippen LogP) is 3.38. The van der Waals surface area contributed by atoms with Crippen molar-refractivity contribution in [2.45, 2.75) is 45.2 Å². The first-order valence-electron chi connectivity index (χ1n) is 7.49. The fraction of sp³-hybridized carbons (Fsp3) is 0.500. The molecule has 0 aromatic carbocycles. The number of rotatable bonds is 4. The summed E-state index contributed by atoms with van der Waals surface area (Å²) in [7, 11) is 1.83. The van der Waals surface area contributed by atoms with Crippen LogP contribution in [-0.4, -0.2) is 26.6 Å². The van der Waals surface area contributed by atoms with Crippen molar-refractivity contribution < 1.29 is 4.79 Å². The van der Waals surface area contributed by atoms with Gasteiger partial charge in [-0.3, -0.25) is 9.48 Å². The molecule has 2 aromatic heterocycles. The highest BCUT2D eigenvalue weighted by atomic mass is 32.1. The van der Waals surface area contributed by atoms with E-state index >= 15 is 0 Å². The number of aromatic nitrogens is 2. The van der Waals surface area contributed by atoms with E-state index in [4.69, 9.17) is 0 Å². The summed E-state index contributed by atoms with van der Waals surface area (Å²) < 4.78 is 1.67. The number of aryl methyl sites for hydroxylation is 2. The van der Waals surface area contributed by atoms with Gasteiger partial charge in [0.05, 0.1) is 6.54 Å². The highest BCUT2D eigenvalue weighted by Gasteiger charge is 2.29. The van der Waals surface area contributed by atoms with E-state index in [0.29, 0.717) is 11.7 Å². The first-order chi connectivity index (χ1) is 10.2. The monoisotopic (exact) mass is 303 g/mol.